The second-order valence-corrected chi connectivity index (χ2v) is 9.47. The molecule has 2 aliphatic rings. The Hall–Kier alpha value is -2.68. The van der Waals surface area contributed by atoms with Crippen LogP contribution in [0.2, 0.25) is 0 Å². The van der Waals surface area contributed by atoms with Gasteiger partial charge in [-0.3, -0.25) is 9.52 Å². The lowest BCUT2D eigenvalue weighted by atomic mass is 10.0. The van der Waals surface area contributed by atoms with Crippen molar-refractivity contribution in [3.63, 3.8) is 0 Å². The number of carboxylic acids is 1. The Morgan fingerprint density at radius 2 is 2.14 bits per heavy atom. The van der Waals surface area contributed by atoms with Crippen molar-refractivity contribution in [2.24, 2.45) is 0 Å². The Bertz CT molecular complexity index is 1050. The summed E-state index contributed by atoms with van der Waals surface area (Å²) in [6.07, 6.45) is 3.57. The van der Waals surface area contributed by atoms with Crippen LogP contribution < -0.4 is 9.62 Å². The summed E-state index contributed by atoms with van der Waals surface area (Å²) in [4.78, 5) is 22.5. The summed E-state index contributed by atoms with van der Waals surface area (Å²) in [7, 11) is -3.74. The third-order valence-corrected chi connectivity index (χ3v) is 6.78. The molecule has 0 saturated carbocycles. The molecule has 1 aliphatic heterocycles. The zero-order valence-corrected chi connectivity index (χ0v) is 17.1. The monoisotopic (exact) mass is 416 g/mol. The molecule has 0 amide bonds. The number of aryl methyl sites for hydroxylation is 1. The average molecular weight is 417 g/mol. The normalized spacial score (nSPS) is 18.2. The van der Waals surface area contributed by atoms with Crippen molar-refractivity contribution in [1.82, 2.24) is 9.97 Å². The fourth-order valence-corrected chi connectivity index (χ4v) is 4.81. The molecule has 1 fully saturated rings. The maximum absolute atomic E-state index is 12.2. The number of sulfonamides is 1. The molecule has 1 aliphatic carbocycles. The molecule has 0 spiro atoms. The lowest BCUT2D eigenvalue weighted by molar-refractivity contribution is -0.136. The van der Waals surface area contributed by atoms with Gasteiger partial charge in [0.25, 0.3) is 0 Å². The highest BCUT2D eigenvalue weighted by Gasteiger charge is 2.29. The fourth-order valence-electron chi connectivity index (χ4n) is 3.78. The maximum atomic E-state index is 12.2. The van der Waals surface area contributed by atoms with Crippen molar-refractivity contribution in [2.75, 3.05) is 21.9 Å². The van der Waals surface area contributed by atoms with Crippen molar-refractivity contribution >= 4 is 27.6 Å². The molecule has 8 nitrogen and oxygen atoms in total. The van der Waals surface area contributed by atoms with Gasteiger partial charge in [0.1, 0.15) is 0 Å². The molecule has 2 aromatic rings. The van der Waals surface area contributed by atoms with Crippen LogP contribution in [-0.2, 0) is 27.7 Å². The van der Waals surface area contributed by atoms with E-state index in [9.17, 15) is 13.2 Å². The summed E-state index contributed by atoms with van der Waals surface area (Å²) in [6, 6.07) is 7.53. The van der Waals surface area contributed by atoms with Crippen LogP contribution in [0, 0.1) is 0 Å². The number of nitrogens with one attached hydrogen (secondary N) is 1. The van der Waals surface area contributed by atoms with E-state index in [0.717, 1.165) is 60.7 Å². The predicted octanol–water partition coefficient (Wildman–Crippen LogP) is 2.45. The molecule has 1 atom stereocenters. The number of aliphatic carboxylic acids is 1. The second-order valence-electron chi connectivity index (χ2n) is 7.63. The lowest BCUT2D eigenvalue weighted by Gasteiger charge is -2.39. The van der Waals surface area contributed by atoms with Crippen molar-refractivity contribution < 1.29 is 18.3 Å². The van der Waals surface area contributed by atoms with E-state index in [2.05, 4.69) is 16.5 Å². The van der Waals surface area contributed by atoms with Crippen molar-refractivity contribution in [1.29, 1.82) is 0 Å². The zero-order valence-electron chi connectivity index (χ0n) is 16.3. The highest BCUT2D eigenvalue weighted by atomic mass is 32.2. The third kappa shape index (κ3) is 4.19. The van der Waals surface area contributed by atoms with Gasteiger partial charge >= 0.3 is 5.97 Å². The number of hydrogen-bond acceptors (Lipinski definition) is 6. The minimum atomic E-state index is -3.74. The summed E-state index contributed by atoms with van der Waals surface area (Å²) >= 11 is 0. The molecule has 0 bridgehead atoms. The molecular weight excluding hydrogens is 392 g/mol. The topological polar surface area (TPSA) is 112 Å². The molecule has 9 heteroatoms. The number of nitrogens with zero attached hydrogens (tertiary/aromatic N) is 3. The van der Waals surface area contributed by atoms with E-state index in [-0.39, 0.29) is 0 Å². The van der Waals surface area contributed by atoms with Gasteiger partial charge in [0, 0.05) is 35.1 Å². The Kier molecular flexibility index (Phi) is 5.16. The first-order valence-electron chi connectivity index (χ1n) is 9.81. The van der Waals surface area contributed by atoms with E-state index in [1.165, 1.54) is 0 Å². The van der Waals surface area contributed by atoms with E-state index >= 15 is 0 Å². The number of rotatable bonds is 7. The molecule has 1 saturated heterocycles. The number of carboxylic acid groups (broad SMARTS) is 1. The van der Waals surface area contributed by atoms with Crippen LogP contribution in [0.4, 0.5) is 11.6 Å². The average Bonchev–Trinajstić information content (AvgIpc) is 3.13. The minimum absolute atomic E-state index is 0.400. The largest absolute Gasteiger partial charge is 0.481 e. The van der Waals surface area contributed by atoms with Gasteiger partial charge in [-0.2, -0.15) is 0 Å². The molecule has 0 radical (unpaired) electrons. The van der Waals surface area contributed by atoms with Gasteiger partial charge in [0.15, 0.2) is 0 Å². The number of carbonyl (C=O) groups is 1. The summed E-state index contributed by atoms with van der Waals surface area (Å²) in [5.41, 5.74) is 4.30. The van der Waals surface area contributed by atoms with Crippen LogP contribution >= 0.6 is 0 Å². The number of fused-ring (bicyclic) bond motifs is 1. The molecule has 4 rings (SSSR count). The SMILES string of the molecule is C[C@H]1CCN1c1nc2c(c(-c3cccc(NS(=O)(=O)CCC(=O)O)c3)n1)CCC2. The van der Waals surface area contributed by atoms with Crippen LogP contribution in [0.15, 0.2) is 24.3 Å². The number of hydrogen-bond donors (Lipinski definition) is 2. The third-order valence-electron chi connectivity index (χ3n) is 5.49. The van der Waals surface area contributed by atoms with E-state index in [4.69, 9.17) is 15.1 Å². The van der Waals surface area contributed by atoms with Crippen LogP contribution in [0.1, 0.15) is 37.4 Å². The number of benzene rings is 1. The van der Waals surface area contributed by atoms with E-state index < -0.39 is 28.2 Å². The first-order valence-corrected chi connectivity index (χ1v) is 11.5. The molecule has 1 aromatic heterocycles. The maximum Gasteiger partial charge on any atom is 0.304 e. The first-order chi connectivity index (χ1) is 13.8. The quantitative estimate of drug-likeness (QED) is 0.713. The fraction of sp³-hybridized carbons (Fsp3) is 0.450. The van der Waals surface area contributed by atoms with E-state index in [1.54, 1.807) is 18.2 Å². The van der Waals surface area contributed by atoms with Crippen LogP contribution in [0.25, 0.3) is 11.3 Å². The van der Waals surface area contributed by atoms with Gasteiger partial charge in [-0.1, -0.05) is 12.1 Å². The highest BCUT2D eigenvalue weighted by Crippen LogP contribution is 2.34. The van der Waals surface area contributed by atoms with Gasteiger partial charge in [-0.25, -0.2) is 18.4 Å². The van der Waals surface area contributed by atoms with Gasteiger partial charge in [0.2, 0.25) is 16.0 Å². The Morgan fingerprint density at radius 3 is 2.83 bits per heavy atom. The number of aromatic nitrogens is 2. The predicted molar refractivity (Wildman–Crippen MR) is 111 cm³/mol. The smallest absolute Gasteiger partial charge is 0.304 e. The van der Waals surface area contributed by atoms with Crippen LogP contribution in [0.5, 0.6) is 0 Å². The first kappa shape index (κ1) is 19.6. The summed E-state index contributed by atoms with van der Waals surface area (Å²) < 4.78 is 26.8. The minimum Gasteiger partial charge on any atom is -0.481 e. The second kappa shape index (κ2) is 7.62. The zero-order chi connectivity index (χ0) is 20.6. The van der Waals surface area contributed by atoms with Crippen molar-refractivity contribution in [2.45, 2.75) is 45.1 Å². The standard InChI is InChI=1S/C20H24N4O4S/c1-13-8-10-24(13)20-21-17-7-3-6-16(17)19(22-20)14-4-2-5-15(12-14)23-29(27,28)11-9-18(25)26/h2,4-5,12-13,23H,3,6-11H2,1H3,(H,25,26)/t13-/m0/s1. The Balaban J connectivity index is 1.65. The van der Waals surface area contributed by atoms with Crippen molar-refractivity contribution in [3.05, 3.63) is 35.5 Å². The summed E-state index contributed by atoms with van der Waals surface area (Å²) in [5.74, 6) is -0.868. The molecule has 154 valence electrons. The molecule has 0 unspecified atom stereocenters. The van der Waals surface area contributed by atoms with E-state index in [0.29, 0.717) is 11.7 Å². The molecule has 1 aromatic carbocycles. The molecule has 2 N–H and O–H groups in total. The molecule has 2 heterocycles. The molecule has 29 heavy (non-hydrogen) atoms. The van der Waals surface area contributed by atoms with Crippen LogP contribution in [0.3, 0.4) is 0 Å². The van der Waals surface area contributed by atoms with Gasteiger partial charge in [-0.05, 0) is 44.7 Å². The van der Waals surface area contributed by atoms with Crippen LogP contribution in [-0.4, -0.2) is 47.8 Å². The lowest BCUT2D eigenvalue weighted by Crippen LogP contribution is -2.46. The van der Waals surface area contributed by atoms with E-state index in [1.807, 2.05) is 6.07 Å². The summed E-state index contributed by atoms with van der Waals surface area (Å²) in [5, 5.41) is 8.73. The molecular formula is C20H24N4O4S. The van der Waals surface area contributed by atoms with Gasteiger partial charge in [0.05, 0.1) is 17.9 Å². The summed E-state index contributed by atoms with van der Waals surface area (Å²) in [6.45, 7) is 3.11. The Morgan fingerprint density at radius 1 is 1.31 bits per heavy atom. The highest BCUT2D eigenvalue weighted by molar-refractivity contribution is 7.92. The Labute approximate surface area is 170 Å². The van der Waals surface area contributed by atoms with Gasteiger partial charge in [-0.15, -0.1) is 0 Å². The number of anilines is 2. The van der Waals surface area contributed by atoms with Gasteiger partial charge < -0.3 is 10.0 Å². The van der Waals surface area contributed by atoms with Crippen molar-refractivity contribution in [3.8, 4) is 11.3 Å².